The zero-order valence-electron chi connectivity index (χ0n) is 12.6. The molecule has 2 aromatic rings. The summed E-state index contributed by atoms with van der Waals surface area (Å²) in [6.07, 6.45) is 1.71. The van der Waals surface area contributed by atoms with Gasteiger partial charge in [0.15, 0.2) is 0 Å². The van der Waals surface area contributed by atoms with Crippen molar-refractivity contribution < 1.29 is 9.53 Å². The first kappa shape index (κ1) is 14.9. The van der Waals surface area contributed by atoms with Gasteiger partial charge in [-0.15, -0.1) is 0 Å². The van der Waals surface area contributed by atoms with Gasteiger partial charge in [-0.25, -0.2) is 0 Å². The van der Waals surface area contributed by atoms with E-state index in [9.17, 15) is 4.79 Å². The number of ether oxygens (including phenoxy) is 1. The highest BCUT2D eigenvalue weighted by molar-refractivity contribution is 6.30. The molecule has 5 nitrogen and oxygen atoms in total. The molecule has 116 valence electrons. The summed E-state index contributed by atoms with van der Waals surface area (Å²) >= 11 is 6.02. The van der Waals surface area contributed by atoms with Gasteiger partial charge in [0.25, 0.3) is 5.91 Å². The molecular weight excluding hydrogens is 302 g/mol. The fraction of sp³-hybridized carbons (Fsp3) is 0.375. The molecule has 1 atom stereocenters. The topological polar surface area (TPSA) is 56.1 Å². The van der Waals surface area contributed by atoms with E-state index in [4.69, 9.17) is 16.3 Å². The molecule has 1 aliphatic heterocycles. The SMILES string of the molecule is Cc1cc(C(=O)N[C@H]2CCCOc3cc(Cl)ccc32)n(C)n1. The van der Waals surface area contributed by atoms with Crippen LogP contribution in [0.2, 0.25) is 5.02 Å². The molecule has 22 heavy (non-hydrogen) atoms. The van der Waals surface area contributed by atoms with Crippen molar-refractivity contribution in [3.05, 3.63) is 46.2 Å². The molecule has 0 saturated carbocycles. The lowest BCUT2D eigenvalue weighted by Gasteiger charge is -2.18. The highest BCUT2D eigenvalue weighted by atomic mass is 35.5. The second-order valence-corrected chi connectivity index (χ2v) is 5.93. The quantitative estimate of drug-likeness (QED) is 0.925. The molecule has 0 aliphatic carbocycles. The van der Waals surface area contributed by atoms with Crippen LogP contribution in [0, 0.1) is 6.92 Å². The van der Waals surface area contributed by atoms with Crippen LogP contribution in [0.3, 0.4) is 0 Å². The van der Waals surface area contributed by atoms with Crippen LogP contribution < -0.4 is 10.1 Å². The molecule has 0 bridgehead atoms. The maximum Gasteiger partial charge on any atom is 0.270 e. The molecule has 1 aromatic heterocycles. The van der Waals surface area contributed by atoms with Crippen LogP contribution in [0.5, 0.6) is 5.75 Å². The number of amides is 1. The monoisotopic (exact) mass is 319 g/mol. The number of fused-ring (bicyclic) bond motifs is 1. The molecule has 1 amide bonds. The number of nitrogens with one attached hydrogen (secondary N) is 1. The number of benzene rings is 1. The van der Waals surface area contributed by atoms with Crippen LogP contribution >= 0.6 is 11.6 Å². The van der Waals surface area contributed by atoms with E-state index in [1.165, 1.54) is 0 Å². The van der Waals surface area contributed by atoms with Crippen LogP contribution in [0.25, 0.3) is 0 Å². The first-order valence-electron chi connectivity index (χ1n) is 7.28. The third-order valence-corrected chi connectivity index (χ3v) is 4.02. The summed E-state index contributed by atoms with van der Waals surface area (Å²) in [7, 11) is 1.77. The van der Waals surface area contributed by atoms with Crippen LogP contribution in [0.15, 0.2) is 24.3 Å². The summed E-state index contributed by atoms with van der Waals surface area (Å²) in [6, 6.07) is 7.24. The average Bonchev–Trinajstić information content (AvgIpc) is 2.69. The standard InChI is InChI=1S/C16H18ClN3O2/c1-10-8-14(20(2)19-10)16(21)18-13-4-3-7-22-15-9-11(17)5-6-12(13)15/h5-6,8-9,13H,3-4,7H2,1-2H3,(H,18,21)/t13-/m0/s1. The molecule has 2 heterocycles. The van der Waals surface area contributed by atoms with Gasteiger partial charge in [-0.1, -0.05) is 17.7 Å². The number of aromatic nitrogens is 2. The highest BCUT2D eigenvalue weighted by Gasteiger charge is 2.23. The average molecular weight is 320 g/mol. The summed E-state index contributed by atoms with van der Waals surface area (Å²) in [5.74, 6) is 0.618. The van der Waals surface area contributed by atoms with E-state index in [0.29, 0.717) is 17.3 Å². The Morgan fingerprint density at radius 2 is 2.27 bits per heavy atom. The third-order valence-electron chi connectivity index (χ3n) is 3.79. The van der Waals surface area contributed by atoms with Gasteiger partial charge >= 0.3 is 0 Å². The van der Waals surface area contributed by atoms with Crippen LogP contribution in [0.1, 0.15) is 40.6 Å². The van der Waals surface area contributed by atoms with Crippen molar-refractivity contribution in [1.29, 1.82) is 0 Å². The Balaban J connectivity index is 1.86. The van der Waals surface area contributed by atoms with Crippen LogP contribution in [0.4, 0.5) is 0 Å². The van der Waals surface area contributed by atoms with Crippen molar-refractivity contribution in [1.82, 2.24) is 15.1 Å². The molecule has 3 rings (SSSR count). The number of rotatable bonds is 2. The number of carbonyl (C=O) groups is 1. The predicted molar refractivity (Wildman–Crippen MR) is 84.3 cm³/mol. The Hall–Kier alpha value is -2.01. The Kier molecular flexibility index (Phi) is 4.07. The van der Waals surface area contributed by atoms with Gasteiger partial charge < -0.3 is 10.1 Å². The van der Waals surface area contributed by atoms with Gasteiger partial charge in [-0.3, -0.25) is 9.48 Å². The van der Waals surface area contributed by atoms with E-state index < -0.39 is 0 Å². The Morgan fingerprint density at radius 1 is 1.45 bits per heavy atom. The molecular formula is C16H18ClN3O2. The fourth-order valence-electron chi connectivity index (χ4n) is 2.75. The third kappa shape index (κ3) is 2.95. The van der Waals surface area contributed by atoms with Crippen molar-refractivity contribution in [2.45, 2.75) is 25.8 Å². The number of aryl methyl sites for hydroxylation is 2. The Morgan fingerprint density at radius 3 is 3.00 bits per heavy atom. The number of carbonyl (C=O) groups excluding carboxylic acids is 1. The molecule has 0 fully saturated rings. The van der Waals surface area contributed by atoms with Gasteiger partial charge in [0, 0.05) is 17.6 Å². The minimum absolute atomic E-state index is 0.0857. The van der Waals surface area contributed by atoms with Gasteiger partial charge in [-0.2, -0.15) is 5.10 Å². The van der Waals surface area contributed by atoms with Gasteiger partial charge in [0.1, 0.15) is 11.4 Å². The molecule has 0 unspecified atom stereocenters. The molecule has 6 heteroatoms. The lowest BCUT2D eigenvalue weighted by atomic mass is 10.0. The highest BCUT2D eigenvalue weighted by Crippen LogP contribution is 2.33. The summed E-state index contributed by atoms with van der Waals surface area (Å²) in [5.41, 5.74) is 2.34. The second-order valence-electron chi connectivity index (χ2n) is 5.49. The molecule has 0 spiro atoms. The lowest BCUT2D eigenvalue weighted by Crippen LogP contribution is -2.29. The Labute approximate surface area is 134 Å². The van der Waals surface area contributed by atoms with Gasteiger partial charge in [-0.05, 0) is 38.0 Å². The molecule has 1 aliphatic rings. The predicted octanol–water partition coefficient (Wildman–Crippen LogP) is 3.03. The van der Waals surface area contributed by atoms with Crippen molar-refractivity contribution in [3.63, 3.8) is 0 Å². The zero-order valence-corrected chi connectivity index (χ0v) is 13.4. The summed E-state index contributed by atoms with van der Waals surface area (Å²) in [5, 5.41) is 7.93. The van der Waals surface area contributed by atoms with E-state index in [-0.39, 0.29) is 11.9 Å². The first-order valence-corrected chi connectivity index (χ1v) is 7.66. The maximum atomic E-state index is 12.5. The first-order chi connectivity index (χ1) is 10.5. The Bertz CT molecular complexity index is 711. The van der Waals surface area contributed by atoms with E-state index in [1.807, 2.05) is 19.1 Å². The fourth-order valence-corrected chi connectivity index (χ4v) is 2.91. The number of nitrogens with zero attached hydrogens (tertiary/aromatic N) is 2. The summed E-state index contributed by atoms with van der Waals surface area (Å²) in [4.78, 5) is 12.5. The number of hydrogen-bond acceptors (Lipinski definition) is 3. The molecule has 1 aromatic carbocycles. The van der Waals surface area contributed by atoms with Crippen LogP contribution in [-0.2, 0) is 7.05 Å². The summed E-state index contributed by atoms with van der Waals surface area (Å²) in [6.45, 7) is 2.50. The maximum absolute atomic E-state index is 12.5. The van der Waals surface area contributed by atoms with Crippen molar-refractivity contribution in [3.8, 4) is 5.75 Å². The van der Waals surface area contributed by atoms with Crippen molar-refractivity contribution in [2.24, 2.45) is 7.05 Å². The normalized spacial score (nSPS) is 17.3. The van der Waals surface area contributed by atoms with Gasteiger partial charge in [0.2, 0.25) is 0 Å². The van der Waals surface area contributed by atoms with E-state index in [1.54, 1.807) is 23.9 Å². The van der Waals surface area contributed by atoms with Crippen molar-refractivity contribution in [2.75, 3.05) is 6.61 Å². The molecule has 1 N–H and O–H groups in total. The number of halogens is 1. The van der Waals surface area contributed by atoms with E-state index in [2.05, 4.69) is 10.4 Å². The largest absolute Gasteiger partial charge is 0.493 e. The van der Waals surface area contributed by atoms with E-state index in [0.717, 1.165) is 29.8 Å². The smallest absolute Gasteiger partial charge is 0.270 e. The lowest BCUT2D eigenvalue weighted by molar-refractivity contribution is 0.0925. The van der Waals surface area contributed by atoms with E-state index >= 15 is 0 Å². The molecule has 0 radical (unpaired) electrons. The zero-order chi connectivity index (χ0) is 15.7. The second kappa shape index (κ2) is 6.01. The summed E-state index contributed by atoms with van der Waals surface area (Å²) < 4.78 is 7.32. The minimum Gasteiger partial charge on any atom is -0.493 e. The number of hydrogen-bond donors (Lipinski definition) is 1. The van der Waals surface area contributed by atoms with Crippen LogP contribution in [-0.4, -0.2) is 22.3 Å². The van der Waals surface area contributed by atoms with Gasteiger partial charge in [0.05, 0.1) is 18.3 Å². The van der Waals surface area contributed by atoms with Crippen molar-refractivity contribution >= 4 is 17.5 Å². The minimum atomic E-state index is -0.129. The molecule has 0 saturated heterocycles.